The van der Waals surface area contributed by atoms with Crippen molar-refractivity contribution < 1.29 is 14.3 Å². The minimum atomic E-state index is -0.904. The average Bonchev–Trinajstić information content (AvgIpc) is 3.26. The second-order valence-corrected chi connectivity index (χ2v) is 6.57. The molecule has 1 aliphatic rings. The quantitative estimate of drug-likeness (QED) is 0.851. The first-order valence-corrected chi connectivity index (χ1v) is 7.74. The molecule has 22 heavy (non-hydrogen) atoms. The number of methoxy groups -OCH3 is 1. The molecule has 4 nitrogen and oxygen atoms in total. The molecule has 120 valence electrons. The second-order valence-electron chi connectivity index (χ2n) is 6.57. The van der Waals surface area contributed by atoms with Gasteiger partial charge in [-0.05, 0) is 63.1 Å². The van der Waals surface area contributed by atoms with Crippen LogP contribution >= 0.6 is 0 Å². The SMILES string of the molecule is COC(=O)C(C)(NC(=O)Cc1c(C)cc(C)cc1C)C1CC1. The number of hydrogen-bond acceptors (Lipinski definition) is 3. The molecule has 0 bridgehead atoms. The van der Waals surface area contributed by atoms with Crippen LogP contribution in [0, 0.1) is 26.7 Å². The fourth-order valence-electron chi connectivity index (χ4n) is 3.18. The zero-order valence-corrected chi connectivity index (χ0v) is 14.1. The summed E-state index contributed by atoms with van der Waals surface area (Å²) >= 11 is 0. The summed E-state index contributed by atoms with van der Waals surface area (Å²) in [7, 11) is 1.36. The minimum Gasteiger partial charge on any atom is -0.467 e. The molecule has 0 saturated heterocycles. The smallest absolute Gasteiger partial charge is 0.331 e. The summed E-state index contributed by atoms with van der Waals surface area (Å²) in [6, 6.07) is 4.16. The number of rotatable bonds is 5. The van der Waals surface area contributed by atoms with E-state index in [-0.39, 0.29) is 24.2 Å². The van der Waals surface area contributed by atoms with E-state index in [1.807, 2.05) is 20.8 Å². The number of amides is 1. The summed E-state index contributed by atoms with van der Waals surface area (Å²) in [5, 5.41) is 2.91. The summed E-state index contributed by atoms with van der Waals surface area (Å²) in [4.78, 5) is 24.5. The predicted molar refractivity (Wildman–Crippen MR) is 85.6 cm³/mol. The van der Waals surface area contributed by atoms with Gasteiger partial charge in [-0.2, -0.15) is 0 Å². The van der Waals surface area contributed by atoms with Crippen molar-refractivity contribution in [2.24, 2.45) is 5.92 Å². The van der Waals surface area contributed by atoms with Crippen molar-refractivity contribution in [3.63, 3.8) is 0 Å². The van der Waals surface area contributed by atoms with Gasteiger partial charge in [-0.3, -0.25) is 4.79 Å². The van der Waals surface area contributed by atoms with Crippen molar-refractivity contribution in [2.45, 2.75) is 52.5 Å². The Kier molecular flexibility index (Phi) is 4.59. The Morgan fingerprint density at radius 2 is 1.77 bits per heavy atom. The number of aryl methyl sites for hydroxylation is 3. The Morgan fingerprint density at radius 3 is 2.23 bits per heavy atom. The molecular weight excluding hydrogens is 278 g/mol. The molecule has 1 amide bonds. The molecule has 1 aromatic rings. The fourth-order valence-corrected chi connectivity index (χ4v) is 3.18. The van der Waals surface area contributed by atoms with Crippen LogP contribution in [0.5, 0.6) is 0 Å². The highest BCUT2D eigenvalue weighted by Crippen LogP contribution is 2.40. The van der Waals surface area contributed by atoms with Crippen molar-refractivity contribution in [2.75, 3.05) is 7.11 Å². The average molecular weight is 303 g/mol. The normalized spacial score (nSPS) is 16.8. The molecule has 0 aromatic heterocycles. The van der Waals surface area contributed by atoms with Gasteiger partial charge < -0.3 is 10.1 Å². The minimum absolute atomic E-state index is 0.130. The van der Waals surface area contributed by atoms with Crippen LogP contribution in [0.4, 0.5) is 0 Å². The first-order valence-electron chi connectivity index (χ1n) is 7.74. The molecule has 1 atom stereocenters. The maximum atomic E-state index is 12.5. The van der Waals surface area contributed by atoms with Crippen LogP contribution in [0.15, 0.2) is 12.1 Å². The molecule has 1 aliphatic carbocycles. The fraction of sp³-hybridized carbons (Fsp3) is 0.556. The van der Waals surface area contributed by atoms with Gasteiger partial charge in [0.25, 0.3) is 0 Å². The molecule has 0 aliphatic heterocycles. The number of benzene rings is 1. The molecular formula is C18H25NO3. The number of esters is 1. The summed E-state index contributed by atoms with van der Waals surface area (Å²) in [5.74, 6) is -0.306. The number of hydrogen-bond donors (Lipinski definition) is 1. The molecule has 1 fully saturated rings. The van der Waals surface area contributed by atoms with Crippen LogP contribution in [0.1, 0.15) is 42.0 Å². The highest BCUT2D eigenvalue weighted by molar-refractivity contribution is 5.89. The van der Waals surface area contributed by atoms with E-state index >= 15 is 0 Å². The predicted octanol–water partition coefficient (Wildman–Crippen LogP) is 2.61. The number of carbonyl (C=O) groups excluding carboxylic acids is 2. The van der Waals surface area contributed by atoms with E-state index in [9.17, 15) is 9.59 Å². The molecule has 1 N–H and O–H groups in total. The largest absolute Gasteiger partial charge is 0.467 e. The third-order valence-corrected chi connectivity index (χ3v) is 4.58. The first kappa shape index (κ1) is 16.5. The van der Waals surface area contributed by atoms with Crippen LogP contribution in [0.2, 0.25) is 0 Å². The summed E-state index contributed by atoms with van der Waals surface area (Å²) in [6.07, 6.45) is 2.19. The lowest BCUT2D eigenvalue weighted by molar-refractivity contribution is -0.151. The number of nitrogens with one attached hydrogen (secondary N) is 1. The number of carbonyl (C=O) groups is 2. The zero-order valence-electron chi connectivity index (χ0n) is 14.1. The summed E-state index contributed by atoms with van der Waals surface area (Å²) in [5.41, 5.74) is 3.54. The van der Waals surface area contributed by atoms with Crippen LogP contribution in [-0.2, 0) is 20.7 Å². The van der Waals surface area contributed by atoms with Gasteiger partial charge in [0, 0.05) is 0 Å². The van der Waals surface area contributed by atoms with E-state index < -0.39 is 5.54 Å². The molecule has 0 spiro atoms. The number of ether oxygens (including phenoxy) is 1. The summed E-state index contributed by atoms with van der Waals surface area (Å²) < 4.78 is 4.88. The summed E-state index contributed by atoms with van der Waals surface area (Å²) in [6.45, 7) is 7.85. The van der Waals surface area contributed by atoms with Gasteiger partial charge in [0.2, 0.25) is 5.91 Å². The van der Waals surface area contributed by atoms with E-state index in [1.54, 1.807) is 6.92 Å². The van der Waals surface area contributed by atoms with Crippen molar-refractivity contribution in [1.82, 2.24) is 5.32 Å². The Labute approximate surface area is 132 Å². The van der Waals surface area contributed by atoms with Crippen molar-refractivity contribution in [1.29, 1.82) is 0 Å². The lowest BCUT2D eigenvalue weighted by Gasteiger charge is -2.28. The molecule has 1 aromatic carbocycles. The Hall–Kier alpha value is -1.84. The van der Waals surface area contributed by atoms with Gasteiger partial charge in [0.05, 0.1) is 13.5 Å². The Balaban J connectivity index is 2.14. The van der Waals surface area contributed by atoms with Crippen LogP contribution < -0.4 is 5.32 Å². The van der Waals surface area contributed by atoms with E-state index in [4.69, 9.17) is 4.74 Å². The van der Waals surface area contributed by atoms with Gasteiger partial charge in [-0.15, -0.1) is 0 Å². The van der Waals surface area contributed by atoms with Gasteiger partial charge in [-0.25, -0.2) is 4.79 Å². The van der Waals surface area contributed by atoms with Crippen molar-refractivity contribution in [3.05, 3.63) is 34.4 Å². The third-order valence-electron chi connectivity index (χ3n) is 4.58. The highest BCUT2D eigenvalue weighted by Gasteiger charge is 2.49. The van der Waals surface area contributed by atoms with E-state index in [0.717, 1.165) is 29.5 Å². The molecule has 1 saturated carbocycles. The Morgan fingerprint density at radius 1 is 1.23 bits per heavy atom. The van der Waals surface area contributed by atoms with E-state index in [2.05, 4.69) is 17.4 Å². The highest BCUT2D eigenvalue weighted by atomic mass is 16.5. The second kappa shape index (κ2) is 6.11. The van der Waals surface area contributed by atoms with Crippen molar-refractivity contribution in [3.8, 4) is 0 Å². The van der Waals surface area contributed by atoms with E-state index in [1.165, 1.54) is 12.7 Å². The Bertz CT molecular complexity index is 581. The van der Waals surface area contributed by atoms with E-state index in [0.29, 0.717) is 0 Å². The first-order chi connectivity index (χ1) is 10.3. The topological polar surface area (TPSA) is 55.4 Å². The molecule has 0 heterocycles. The monoisotopic (exact) mass is 303 g/mol. The van der Waals surface area contributed by atoms with Gasteiger partial charge in [0.1, 0.15) is 5.54 Å². The van der Waals surface area contributed by atoms with Crippen LogP contribution in [0.25, 0.3) is 0 Å². The van der Waals surface area contributed by atoms with Crippen LogP contribution in [0.3, 0.4) is 0 Å². The van der Waals surface area contributed by atoms with Gasteiger partial charge >= 0.3 is 5.97 Å². The third kappa shape index (κ3) is 3.32. The molecule has 1 unspecified atom stereocenters. The molecule has 0 radical (unpaired) electrons. The maximum Gasteiger partial charge on any atom is 0.331 e. The van der Waals surface area contributed by atoms with Crippen molar-refractivity contribution >= 4 is 11.9 Å². The van der Waals surface area contributed by atoms with Gasteiger partial charge in [-0.1, -0.05) is 17.7 Å². The van der Waals surface area contributed by atoms with Crippen LogP contribution in [-0.4, -0.2) is 24.5 Å². The molecule has 4 heteroatoms. The standard InChI is InChI=1S/C18H25NO3/c1-11-8-12(2)15(13(3)9-11)10-16(20)19-18(4,14-6-7-14)17(21)22-5/h8-9,14H,6-7,10H2,1-5H3,(H,19,20). The van der Waals surface area contributed by atoms with Gasteiger partial charge in [0.15, 0.2) is 0 Å². The molecule has 2 rings (SSSR count). The lowest BCUT2D eigenvalue weighted by atomic mass is 9.93. The maximum absolute atomic E-state index is 12.5. The lowest BCUT2D eigenvalue weighted by Crippen LogP contribution is -2.55. The zero-order chi connectivity index (χ0) is 16.5.